The van der Waals surface area contributed by atoms with Crippen molar-refractivity contribution in [2.75, 3.05) is 59.0 Å². The van der Waals surface area contributed by atoms with Gasteiger partial charge in [0.05, 0.1) is 30.1 Å². The van der Waals surface area contributed by atoms with Crippen molar-refractivity contribution in [3.05, 3.63) is 71.9 Å². The molecule has 2 bridgehead atoms. The van der Waals surface area contributed by atoms with Crippen LogP contribution in [0.5, 0.6) is 5.75 Å². The van der Waals surface area contributed by atoms with Crippen LogP contribution in [0.2, 0.25) is 0 Å². The molecule has 0 unspecified atom stereocenters. The minimum atomic E-state index is -0.498. The quantitative estimate of drug-likeness (QED) is 0.512. The average molecular weight is 572 g/mol. The first-order valence-corrected chi connectivity index (χ1v) is 14.3. The molecule has 218 valence electrons. The Balaban J connectivity index is 1.21. The van der Waals surface area contributed by atoms with Crippen LogP contribution in [-0.4, -0.2) is 103 Å². The van der Waals surface area contributed by atoms with Crippen LogP contribution in [0.1, 0.15) is 28.3 Å². The zero-order valence-electron chi connectivity index (χ0n) is 23.2. The number of carbonyl (C=O) groups is 4. The van der Waals surface area contributed by atoms with Gasteiger partial charge in [-0.3, -0.25) is 24.3 Å². The lowest BCUT2D eigenvalue weighted by Crippen LogP contribution is -2.43. The number of amides is 4. The van der Waals surface area contributed by atoms with Crippen LogP contribution in [0.15, 0.2) is 60.8 Å². The van der Waals surface area contributed by atoms with Gasteiger partial charge in [-0.15, -0.1) is 0 Å². The molecule has 2 aromatic carbocycles. The van der Waals surface area contributed by atoms with E-state index in [9.17, 15) is 19.2 Å². The maximum Gasteiger partial charge on any atom is 0.410 e. The van der Waals surface area contributed by atoms with Gasteiger partial charge < -0.3 is 24.6 Å². The molecule has 6 rings (SSSR count). The number of hydrogen-bond donors (Lipinski definition) is 1. The lowest BCUT2D eigenvalue weighted by Gasteiger charge is -2.25. The van der Waals surface area contributed by atoms with Gasteiger partial charge >= 0.3 is 6.09 Å². The highest BCUT2D eigenvalue weighted by Crippen LogP contribution is 2.35. The smallest absolute Gasteiger partial charge is 0.410 e. The van der Waals surface area contributed by atoms with Crippen molar-refractivity contribution in [3.8, 4) is 5.75 Å². The van der Waals surface area contributed by atoms with Gasteiger partial charge in [0.25, 0.3) is 5.91 Å². The summed E-state index contributed by atoms with van der Waals surface area (Å²) in [6, 6.07) is 16.9. The first-order chi connectivity index (χ1) is 20.5. The summed E-state index contributed by atoms with van der Waals surface area (Å²) in [5.74, 6) is -0.598. The number of ether oxygens (including phenoxy) is 2. The van der Waals surface area contributed by atoms with E-state index in [0.29, 0.717) is 50.5 Å². The molecular formula is C31H33N5O6. The highest BCUT2D eigenvalue weighted by atomic mass is 16.6. The Hall–Kier alpha value is -4.67. The van der Waals surface area contributed by atoms with Crippen LogP contribution < -0.4 is 10.1 Å². The highest BCUT2D eigenvalue weighted by Gasteiger charge is 2.41. The molecule has 42 heavy (non-hydrogen) atoms. The minimum Gasteiger partial charge on any atom is -0.494 e. The predicted octanol–water partition coefficient (Wildman–Crippen LogP) is 2.27. The Labute approximate surface area is 243 Å². The molecule has 11 heteroatoms. The summed E-state index contributed by atoms with van der Waals surface area (Å²) in [5.41, 5.74) is 2.23. The molecule has 0 aliphatic carbocycles. The van der Waals surface area contributed by atoms with E-state index in [1.54, 1.807) is 22.1 Å². The van der Waals surface area contributed by atoms with E-state index in [4.69, 9.17) is 9.47 Å². The Morgan fingerprint density at radius 2 is 1.76 bits per heavy atom. The largest absolute Gasteiger partial charge is 0.494 e. The molecule has 0 saturated carbocycles. The lowest BCUT2D eigenvalue weighted by atomic mass is 9.88. The number of carbonyl (C=O) groups excluding carboxylic acids is 4. The third-order valence-electron chi connectivity index (χ3n) is 8.16. The lowest BCUT2D eigenvalue weighted by molar-refractivity contribution is -0.131. The van der Waals surface area contributed by atoms with Gasteiger partial charge in [-0.2, -0.15) is 0 Å². The third kappa shape index (κ3) is 5.72. The van der Waals surface area contributed by atoms with E-state index < -0.39 is 12.0 Å². The zero-order chi connectivity index (χ0) is 29.1. The summed E-state index contributed by atoms with van der Waals surface area (Å²) in [4.78, 5) is 61.5. The number of pyridine rings is 1. The van der Waals surface area contributed by atoms with Crippen LogP contribution in [0.3, 0.4) is 0 Å². The second kappa shape index (κ2) is 12.1. The molecule has 2 atom stereocenters. The Bertz CT molecular complexity index is 1510. The van der Waals surface area contributed by atoms with Gasteiger partial charge in [-0.05, 0) is 36.2 Å². The maximum absolute atomic E-state index is 13.7. The molecule has 1 aromatic heterocycles. The van der Waals surface area contributed by atoms with Crippen LogP contribution >= 0.6 is 0 Å². The van der Waals surface area contributed by atoms with Crippen LogP contribution in [-0.2, 0) is 14.3 Å². The third-order valence-corrected chi connectivity index (χ3v) is 8.16. The molecule has 2 saturated heterocycles. The summed E-state index contributed by atoms with van der Waals surface area (Å²) in [6.45, 7) is 2.61. The molecule has 3 aliphatic heterocycles. The Kier molecular flexibility index (Phi) is 7.89. The number of cyclic esters (lactones) is 1. The fourth-order valence-corrected chi connectivity index (χ4v) is 5.94. The van der Waals surface area contributed by atoms with Crippen molar-refractivity contribution in [2.45, 2.75) is 12.3 Å². The summed E-state index contributed by atoms with van der Waals surface area (Å²) in [7, 11) is 0. The van der Waals surface area contributed by atoms with Crippen molar-refractivity contribution >= 4 is 34.7 Å². The standard InChI is InChI=1S/C31H33N5O6/c37-28(20-35-14-16-42-31(35)40)36-18-25-21-5-3-6-22(17-21)41-15-4-12-34(13-11-33-29(38)26(25)19-36)30(39)24-9-10-32-27-8-2-1-7-23(24)27/h1-3,5-10,17,25-26H,4,11-16,18-20H2,(H,33,38)/t25-,26+/m1/s1. The van der Waals surface area contributed by atoms with Gasteiger partial charge in [-0.25, -0.2) is 4.79 Å². The predicted molar refractivity (Wildman–Crippen MR) is 153 cm³/mol. The van der Waals surface area contributed by atoms with Crippen LogP contribution in [0, 0.1) is 5.92 Å². The number of likely N-dealkylation sites (tertiary alicyclic amines) is 1. The number of aromatic nitrogens is 1. The molecule has 0 spiro atoms. The Morgan fingerprint density at radius 1 is 0.905 bits per heavy atom. The number of fused-ring (bicyclic) bond motifs is 5. The van der Waals surface area contributed by atoms with Crippen molar-refractivity contribution in [3.63, 3.8) is 0 Å². The topological polar surface area (TPSA) is 121 Å². The summed E-state index contributed by atoms with van der Waals surface area (Å²) in [6.07, 6.45) is 1.75. The first kappa shape index (κ1) is 27.5. The van der Waals surface area contributed by atoms with E-state index >= 15 is 0 Å². The summed E-state index contributed by atoms with van der Waals surface area (Å²) >= 11 is 0. The summed E-state index contributed by atoms with van der Waals surface area (Å²) in [5, 5.41) is 3.81. The molecule has 0 radical (unpaired) electrons. The number of benzene rings is 2. The molecule has 4 amide bonds. The molecular weight excluding hydrogens is 538 g/mol. The van der Waals surface area contributed by atoms with E-state index in [1.165, 1.54) is 4.90 Å². The van der Waals surface area contributed by atoms with Crippen molar-refractivity contribution in [1.82, 2.24) is 25.0 Å². The van der Waals surface area contributed by atoms with E-state index in [-0.39, 0.29) is 49.9 Å². The van der Waals surface area contributed by atoms with E-state index in [0.717, 1.165) is 16.5 Å². The molecule has 1 N–H and O–H groups in total. The maximum atomic E-state index is 13.7. The number of rotatable bonds is 3. The first-order valence-electron chi connectivity index (χ1n) is 14.3. The number of para-hydroxylation sites is 1. The molecule has 4 heterocycles. The monoisotopic (exact) mass is 571 g/mol. The SMILES string of the molecule is O=C1NCCN(C(=O)c2ccnc3ccccc23)CCCOc2cccc(c2)[C@H]2CN(C(=O)CN3CCOC3=O)C[C@H]12. The van der Waals surface area contributed by atoms with Crippen molar-refractivity contribution in [2.24, 2.45) is 5.92 Å². The average Bonchev–Trinajstić information content (AvgIpc) is 3.64. The number of hydrogen-bond acceptors (Lipinski definition) is 7. The van der Waals surface area contributed by atoms with Gasteiger partial charge in [0.1, 0.15) is 18.9 Å². The second-order valence-corrected chi connectivity index (χ2v) is 10.8. The van der Waals surface area contributed by atoms with E-state index in [2.05, 4.69) is 10.3 Å². The van der Waals surface area contributed by atoms with E-state index in [1.807, 2.05) is 48.5 Å². The van der Waals surface area contributed by atoms with Gasteiger partial charge in [0, 0.05) is 50.2 Å². The second-order valence-electron chi connectivity index (χ2n) is 10.8. The number of nitrogens with one attached hydrogen (secondary N) is 1. The normalized spacial score (nSPS) is 21.3. The molecule has 2 fully saturated rings. The fourth-order valence-electron chi connectivity index (χ4n) is 5.94. The summed E-state index contributed by atoms with van der Waals surface area (Å²) < 4.78 is 11.0. The van der Waals surface area contributed by atoms with Gasteiger partial charge in [-0.1, -0.05) is 30.3 Å². The van der Waals surface area contributed by atoms with Crippen molar-refractivity contribution in [1.29, 1.82) is 0 Å². The molecule has 3 aromatic rings. The number of nitrogens with zero attached hydrogens (tertiary/aromatic N) is 4. The molecule has 3 aliphatic rings. The van der Waals surface area contributed by atoms with Crippen molar-refractivity contribution < 1.29 is 28.7 Å². The fraction of sp³-hybridized carbons (Fsp3) is 0.387. The highest BCUT2D eigenvalue weighted by molar-refractivity contribution is 6.06. The van der Waals surface area contributed by atoms with Gasteiger partial charge in [0.15, 0.2) is 0 Å². The zero-order valence-corrected chi connectivity index (χ0v) is 23.2. The van der Waals surface area contributed by atoms with Crippen LogP contribution in [0.25, 0.3) is 10.9 Å². The molecule has 11 nitrogen and oxygen atoms in total. The minimum absolute atomic E-state index is 0.0796. The van der Waals surface area contributed by atoms with Gasteiger partial charge in [0.2, 0.25) is 11.8 Å². The Morgan fingerprint density at radius 3 is 2.62 bits per heavy atom. The van der Waals surface area contributed by atoms with Crippen LogP contribution in [0.4, 0.5) is 4.79 Å².